The van der Waals surface area contributed by atoms with E-state index in [0.29, 0.717) is 9.90 Å². The van der Waals surface area contributed by atoms with Crippen LogP contribution in [0.25, 0.3) is 10.1 Å². The first-order valence-corrected chi connectivity index (χ1v) is 8.03. The van der Waals surface area contributed by atoms with Crippen molar-refractivity contribution in [2.45, 2.75) is 46.7 Å². The van der Waals surface area contributed by atoms with Crippen LogP contribution in [0.2, 0.25) is 5.02 Å². The normalized spacial score (nSPS) is 11.6. The number of carbonyl (C=O) groups excluding carboxylic acids is 1. The molecule has 0 saturated carbocycles. The summed E-state index contributed by atoms with van der Waals surface area (Å²) in [6.45, 7) is 10.2. The summed E-state index contributed by atoms with van der Waals surface area (Å²) >= 11 is 7.91. The van der Waals surface area contributed by atoms with E-state index in [9.17, 15) is 4.79 Å². The first-order chi connectivity index (χ1) is 9.32. The van der Waals surface area contributed by atoms with Gasteiger partial charge < -0.3 is 4.90 Å². The van der Waals surface area contributed by atoms with E-state index < -0.39 is 0 Å². The van der Waals surface area contributed by atoms with E-state index in [0.717, 1.165) is 10.1 Å². The van der Waals surface area contributed by atoms with Gasteiger partial charge in [-0.2, -0.15) is 0 Å². The molecule has 108 valence electrons. The van der Waals surface area contributed by atoms with Crippen molar-refractivity contribution in [2.75, 3.05) is 0 Å². The highest BCUT2D eigenvalue weighted by Crippen LogP contribution is 2.37. The highest BCUT2D eigenvalue weighted by molar-refractivity contribution is 7.21. The summed E-state index contributed by atoms with van der Waals surface area (Å²) in [6.07, 6.45) is 0. The molecule has 2 rings (SSSR count). The van der Waals surface area contributed by atoms with Gasteiger partial charge in [0.15, 0.2) is 0 Å². The van der Waals surface area contributed by atoms with Gasteiger partial charge in [0, 0.05) is 22.2 Å². The van der Waals surface area contributed by atoms with Crippen LogP contribution < -0.4 is 0 Å². The molecule has 4 heteroatoms. The molecule has 0 saturated heterocycles. The zero-order chi connectivity index (χ0) is 15.0. The molecule has 1 amide bonds. The Morgan fingerprint density at radius 2 is 1.80 bits per heavy atom. The number of aryl methyl sites for hydroxylation is 1. The zero-order valence-electron chi connectivity index (χ0n) is 12.5. The summed E-state index contributed by atoms with van der Waals surface area (Å²) in [5, 5.41) is 1.55. The lowest BCUT2D eigenvalue weighted by atomic mass is 10.2. The molecule has 1 heterocycles. The third-order valence-electron chi connectivity index (χ3n) is 3.33. The van der Waals surface area contributed by atoms with Crippen LogP contribution in [-0.4, -0.2) is 22.9 Å². The summed E-state index contributed by atoms with van der Waals surface area (Å²) in [5.74, 6) is 0.0267. The van der Waals surface area contributed by atoms with Crippen LogP contribution in [0, 0.1) is 6.92 Å². The predicted molar refractivity (Wildman–Crippen MR) is 88.0 cm³/mol. The molecule has 2 aromatic rings. The molecule has 1 aromatic carbocycles. The zero-order valence-corrected chi connectivity index (χ0v) is 14.1. The maximum absolute atomic E-state index is 12.8. The van der Waals surface area contributed by atoms with Gasteiger partial charge in [0.25, 0.3) is 5.91 Å². The smallest absolute Gasteiger partial charge is 0.265 e. The maximum atomic E-state index is 12.8. The average Bonchev–Trinajstić information content (AvgIpc) is 2.65. The Balaban J connectivity index is 2.52. The first kappa shape index (κ1) is 15.3. The second-order valence-electron chi connectivity index (χ2n) is 5.64. The van der Waals surface area contributed by atoms with Gasteiger partial charge in [-0.1, -0.05) is 23.7 Å². The Bertz CT molecular complexity index is 637. The van der Waals surface area contributed by atoms with Gasteiger partial charge in [-0.25, -0.2) is 0 Å². The minimum absolute atomic E-state index is 0.0267. The largest absolute Gasteiger partial charge is 0.333 e. The molecule has 2 nitrogen and oxygen atoms in total. The molecule has 0 atom stereocenters. The van der Waals surface area contributed by atoms with Gasteiger partial charge >= 0.3 is 0 Å². The summed E-state index contributed by atoms with van der Waals surface area (Å²) in [4.78, 5) is 15.3. The Labute approximate surface area is 129 Å². The minimum atomic E-state index is 0.0267. The fraction of sp³-hybridized carbons (Fsp3) is 0.438. The third kappa shape index (κ3) is 2.70. The van der Waals surface area contributed by atoms with E-state index in [1.807, 2.05) is 51.7 Å². The van der Waals surface area contributed by atoms with Crippen molar-refractivity contribution < 1.29 is 4.79 Å². The first-order valence-electron chi connectivity index (χ1n) is 6.84. The van der Waals surface area contributed by atoms with Gasteiger partial charge in [-0.15, -0.1) is 11.3 Å². The number of nitrogens with zero attached hydrogens (tertiary/aromatic N) is 1. The fourth-order valence-corrected chi connectivity index (χ4v) is 4.05. The molecule has 0 spiro atoms. The van der Waals surface area contributed by atoms with E-state index in [1.54, 1.807) is 0 Å². The number of fused-ring (bicyclic) bond motifs is 1. The molecule has 0 aliphatic carbocycles. The number of benzene rings is 1. The lowest BCUT2D eigenvalue weighted by Crippen LogP contribution is -2.41. The van der Waals surface area contributed by atoms with Crippen molar-refractivity contribution in [1.82, 2.24) is 4.90 Å². The molecular weight excluding hydrogens is 290 g/mol. The fourth-order valence-electron chi connectivity index (χ4n) is 2.49. The van der Waals surface area contributed by atoms with E-state index in [4.69, 9.17) is 11.6 Å². The van der Waals surface area contributed by atoms with Crippen LogP contribution in [0.15, 0.2) is 18.2 Å². The summed E-state index contributed by atoms with van der Waals surface area (Å²) in [7, 11) is 0. The molecule has 0 fully saturated rings. The van der Waals surface area contributed by atoms with Crippen LogP contribution in [0.4, 0.5) is 0 Å². The van der Waals surface area contributed by atoms with Gasteiger partial charge in [0.05, 0.1) is 5.02 Å². The Kier molecular flexibility index (Phi) is 4.40. The number of amides is 1. The van der Waals surface area contributed by atoms with E-state index in [1.165, 1.54) is 16.9 Å². The van der Waals surface area contributed by atoms with Crippen molar-refractivity contribution in [3.05, 3.63) is 33.7 Å². The van der Waals surface area contributed by atoms with Crippen molar-refractivity contribution in [1.29, 1.82) is 0 Å². The SMILES string of the molecule is Cc1ccc2c(Cl)c(C(=O)N(C(C)C)C(C)C)sc2c1. The van der Waals surface area contributed by atoms with Crippen molar-refractivity contribution >= 4 is 38.9 Å². The van der Waals surface area contributed by atoms with E-state index in [2.05, 4.69) is 6.07 Å². The Morgan fingerprint density at radius 1 is 1.20 bits per heavy atom. The minimum Gasteiger partial charge on any atom is -0.333 e. The molecule has 0 unspecified atom stereocenters. The number of rotatable bonds is 3. The number of hydrogen-bond acceptors (Lipinski definition) is 2. The Morgan fingerprint density at radius 3 is 2.35 bits per heavy atom. The van der Waals surface area contributed by atoms with Crippen LogP contribution in [0.1, 0.15) is 42.9 Å². The molecule has 1 aromatic heterocycles. The van der Waals surface area contributed by atoms with Gasteiger partial charge in [-0.3, -0.25) is 4.79 Å². The Hall–Kier alpha value is -1.06. The van der Waals surface area contributed by atoms with Crippen molar-refractivity contribution in [3.8, 4) is 0 Å². The summed E-state index contributed by atoms with van der Waals surface area (Å²) in [5.41, 5.74) is 1.18. The molecule has 0 aliphatic heterocycles. The molecule has 20 heavy (non-hydrogen) atoms. The molecule has 0 N–H and O–H groups in total. The highest BCUT2D eigenvalue weighted by Gasteiger charge is 2.26. The lowest BCUT2D eigenvalue weighted by Gasteiger charge is -2.30. The molecule has 0 bridgehead atoms. The molecule has 0 aliphatic rings. The predicted octanol–water partition coefficient (Wildman–Crippen LogP) is 5.12. The van der Waals surface area contributed by atoms with Crippen LogP contribution in [0.5, 0.6) is 0 Å². The van der Waals surface area contributed by atoms with Crippen LogP contribution >= 0.6 is 22.9 Å². The third-order valence-corrected chi connectivity index (χ3v) is 4.97. The summed E-state index contributed by atoms with van der Waals surface area (Å²) < 4.78 is 1.07. The van der Waals surface area contributed by atoms with E-state index >= 15 is 0 Å². The quantitative estimate of drug-likeness (QED) is 0.770. The van der Waals surface area contributed by atoms with Crippen LogP contribution in [-0.2, 0) is 0 Å². The van der Waals surface area contributed by atoms with Crippen LogP contribution in [0.3, 0.4) is 0 Å². The average molecular weight is 310 g/mol. The van der Waals surface area contributed by atoms with Gasteiger partial charge in [0.2, 0.25) is 0 Å². The second kappa shape index (κ2) is 5.74. The number of halogens is 1. The van der Waals surface area contributed by atoms with E-state index in [-0.39, 0.29) is 18.0 Å². The lowest BCUT2D eigenvalue weighted by molar-refractivity contribution is 0.0649. The molecular formula is C16H20ClNOS. The number of carbonyl (C=O) groups is 1. The van der Waals surface area contributed by atoms with Gasteiger partial charge in [0.1, 0.15) is 4.88 Å². The number of thiophene rings is 1. The van der Waals surface area contributed by atoms with Crippen molar-refractivity contribution in [2.24, 2.45) is 0 Å². The molecule has 0 radical (unpaired) electrons. The van der Waals surface area contributed by atoms with Crippen molar-refractivity contribution in [3.63, 3.8) is 0 Å². The highest BCUT2D eigenvalue weighted by atomic mass is 35.5. The monoisotopic (exact) mass is 309 g/mol. The second-order valence-corrected chi connectivity index (χ2v) is 7.07. The van der Waals surface area contributed by atoms with Gasteiger partial charge in [-0.05, 0) is 46.2 Å². The number of hydrogen-bond donors (Lipinski definition) is 0. The standard InChI is InChI=1S/C16H20ClNOS/c1-9(2)18(10(3)4)16(19)15-14(17)12-7-6-11(5)8-13(12)20-15/h6-10H,1-5H3. The maximum Gasteiger partial charge on any atom is 0.265 e. The summed E-state index contributed by atoms with van der Waals surface area (Å²) in [6, 6.07) is 6.42. The topological polar surface area (TPSA) is 20.3 Å².